The summed E-state index contributed by atoms with van der Waals surface area (Å²) in [6.07, 6.45) is 5.55. The maximum Gasteiger partial charge on any atom is 0.257 e. The Morgan fingerprint density at radius 3 is 2.49 bits per heavy atom. The van der Waals surface area contributed by atoms with Crippen molar-refractivity contribution in [3.05, 3.63) is 71.2 Å². The van der Waals surface area contributed by atoms with E-state index in [-0.39, 0.29) is 29.6 Å². The molecule has 1 N–H and O–H groups in total. The van der Waals surface area contributed by atoms with Gasteiger partial charge in [0.15, 0.2) is 5.82 Å². The van der Waals surface area contributed by atoms with Gasteiger partial charge in [-0.05, 0) is 49.8 Å². The van der Waals surface area contributed by atoms with Crippen LogP contribution in [0.5, 0.6) is 0 Å². The Kier molecular flexibility index (Phi) is 7.74. The number of amides is 2. The molecule has 4 heterocycles. The van der Waals surface area contributed by atoms with Crippen LogP contribution >= 0.6 is 0 Å². The summed E-state index contributed by atoms with van der Waals surface area (Å²) in [7, 11) is 0. The lowest BCUT2D eigenvalue weighted by atomic mass is 10.0. The van der Waals surface area contributed by atoms with Gasteiger partial charge in [-0.25, -0.2) is 14.1 Å². The molecule has 2 saturated heterocycles. The number of likely N-dealkylation sites (tertiary alicyclic amines) is 2. The van der Waals surface area contributed by atoms with E-state index in [1.54, 1.807) is 29.3 Å². The first-order chi connectivity index (χ1) is 18.7. The quantitative estimate of drug-likeness (QED) is 0.477. The molecule has 9 nitrogen and oxygen atoms in total. The van der Waals surface area contributed by atoms with Gasteiger partial charge < -0.3 is 15.1 Å². The predicted octanol–water partition coefficient (Wildman–Crippen LogP) is 3.33. The minimum atomic E-state index is -0.301. The van der Waals surface area contributed by atoms with Gasteiger partial charge in [0.1, 0.15) is 5.82 Å². The summed E-state index contributed by atoms with van der Waals surface area (Å²) in [4.78, 5) is 38.8. The molecular weight excluding hydrogens is 497 g/mol. The lowest BCUT2D eigenvalue weighted by Gasteiger charge is -2.25. The Labute approximate surface area is 228 Å². The molecule has 1 aromatic carbocycles. The number of carbonyl (C=O) groups excluding carboxylic acids is 2. The number of fused-ring (bicyclic) bond motifs is 1. The zero-order valence-electron chi connectivity index (χ0n) is 23.0. The van der Waals surface area contributed by atoms with E-state index in [1.807, 2.05) is 38.7 Å². The lowest BCUT2D eigenvalue weighted by molar-refractivity contribution is -0.124. The van der Waals surface area contributed by atoms with Crippen molar-refractivity contribution in [3.8, 4) is 5.82 Å². The van der Waals surface area contributed by atoms with Crippen molar-refractivity contribution in [2.24, 2.45) is 17.8 Å². The molecule has 0 saturated carbocycles. The molecule has 39 heavy (non-hydrogen) atoms. The fourth-order valence-corrected chi connectivity index (χ4v) is 5.87. The van der Waals surface area contributed by atoms with Gasteiger partial charge in [0.2, 0.25) is 5.91 Å². The van der Waals surface area contributed by atoms with Gasteiger partial charge in [0, 0.05) is 51.0 Å². The van der Waals surface area contributed by atoms with Crippen LogP contribution in [0.3, 0.4) is 0 Å². The first kappa shape index (κ1) is 26.9. The van der Waals surface area contributed by atoms with Crippen molar-refractivity contribution >= 4 is 11.8 Å². The zero-order chi connectivity index (χ0) is 27.7. The number of hydrogen-bond acceptors (Lipinski definition) is 6. The fraction of sp³-hybridized carbons (Fsp3) is 0.483. The normalized spacial score (nSPS) is 19.9. The van der Waals surface area contributed by atoms with Crippen molar-refractivity contribution in [2.45, 2.75) is 40.2 Å². The molecule has 0 bridgehead atoms. The number of nitrogens with one attached hydrogen (secondary N) is 1. The summed E-state index contributed by atoms with van der Waals surface area (Å²) in [5.41, 5.74) is 2.88. The Bertz CT molecular complexity index is 1330. The van der Waals surface area contributed by atoms with Crippen LogP contribution in [0.1, 0.15) is 53.6 Å². The van der Waals surface area contributed by atoms with Gasteiger partial charge >= 0.3 is 0 Å². The van der Waals surface area contributed by atoms with Crippen molar-refractivity contribution < 1.29 is 14.0 Å². The van der Waals surface area contributed by atoms with Crippen molar-refractivity contribution in [1.82, 2.24) is 34.9 Å². The molecule has 0 spiro atoms. The molecule has 3 aromatic rings. The highest BCUT2D eigenvalue weighted by molar-refractivity contribution is 5.96. The molecule has 2 aromatic heterocycles. The summed E-state index contributed by atoms with van der Waals surface area (Å²) in [5, 5.41) is 7.66. The van der Waals surface area contributed by atoms with E-state index in [1.165, 1.54) is 12.1 Å². The van der Waals surface area contributed by atoms with Crippen molar-refractivity contribution in [2.75, 3.05) is 32.7 Å². The van der Waals surface area contributed by atoms with E-state index in [0.717, 1.165) is 30.9 Å². The average Bonchev–Trinajstić information content (AvgIpc) is 3.57. The Hall–Kier alpha value is -3.66. The van der Waals surface area contributed by atoms with E-state index >= 15 is 0 Å². The number of carbonyl (C=O) groups is 2. The number of hydrogen-bond donors (Lipinski definition) is 1. The van der Waals surface area contributed by atoms with Gasteiger partial charge in [-0.3, -0.25) is 14.6 Å². The molecule has 0 aliphatic carbocycles. The van der Waals surface area contributed by atoms with Gasteiger partial charge in [0.25, 0.3) is 5.91 Å². The number of aromatic nitrogens is 4. The first-order valence-electron chi connectivity index (χ1n) is 13.6. The summed E-state index contributed by atoms with van der Waals surface area (Å²) in [5.74, 6) is 0.936. The Balaban J connectivity index is 1.20. The predicted molar refractivity (Wildman–Crippen MR) is 145 cm³/mol. The van der Waals surface area contributed by atoms with Crippen LogP contribution in [0.15, 0.2) is 42.9 Å². The van der Waals surface area contributed by atoms with Gasteiger partial charge in [-0.2, -0.15) is 5.10 Å². The highest BCUT2D eigenvalue weighted by Gasteiger charge is 2.42. The number of rotatable bonds is 8. The van der Waals surface area contributed by atoms with Gasteiger partial charge in [-0.15, -0.1) is 0 Å². The maximum absolute atomic E-state index is 13.9. The molecule has 206 valence electrons. The second-order valence-electron chi connectivity index (χ2n) is 11.1. The summed E-state index contributed by atoms with van der Waals surface area (Å²) in [6, 6.07) is 6.23. The first-order valence-corrected chi connectivity index (χ1v) is 13.6. The molecule has 0 radical (unpaired) electrons. The van der Waals surface area contributed by atoms with Crippen LogP contribution in [0.2, 0.25) is 0 Å². The monoisotopic (exact) mass is 533 g/mol. The number of aryl methyl sites for hydroxylation is 1. The Morgan fingerprint density at radius 2 is 1.85 bits per heavy atom. The summed E-state index contributed by atoms with van der Waals surface area (Å²) < 4.78 is 15.6. The molecule has 10 heteroatoms. The van der Waals surface area contributed by atoms with E-state index in [9.17, 15) is 14.0 Å². The highest BCUT2D eigenvalue weighted by Crippen LogP contribution is 2.33. The van der Waals surface area contributed by atoms with E-state index in [0.29, 0.717) is 48.4 Å². The summed E-state index contributed by atoms with van der Waals surface area (Å²) >= 11 is 0. The average molecular weight is 534 g/mol. The molecule has 3 atom stereocenters. The van der Waals surface area contributed by atoms with E-state index in [4.69, 9.17) is 0 Å². The standard InChI is InChI=1S/C29H36FN7O2/c1-18(2)28(38)33-25(21-6-5-7-24(30)12-21)8-11-35-14-22-16-36(17-23(22)15-35)29(39)27-19(3)34-37(20(27)4)26-13-31-9-10-32-26/h5-7,9-10,12-13,18,22-23,25H,8,11,14-17H2,1-4H3,(H,33,38). The third kappa shape index (κ3) is 5.71. The minimum absolute atomic E-state index is 0.0173. The third-order valence-corrected chi connectivity index (χ3v) is 7.95. The van der Waals surface area contributed by atoms with Crippen LogP contribution in [0.4, 0.5) is 4.39 Å². The highest BCUT2D eigenvalue weighted by atomic mass is 19.1. The second kappa shape index (κ2) is 11.2. The number of nitrogens with zero attached hydrogens (tertiary/aromatic N) is 6. The molecular formula is C29H36FN7O2. The van der Waals surface area contributed by atoms with Crippen molar-refractivity contribution in [3.63, 3.8) is 0 Å². The maximum atomic E-state index is 13.9. The van der Waals surface area contributed by atoms with Crippen LogP contribution < -0.4 is 5.32 Å². The SMILES string of the molecule is Cc1nn(-c2cnccn2)c(C)c1C(=O)N1CC2CN(CCC(NC(=O)C(C)C)c3cccc(F)c3)CC2C1. The fourth-order valence-electron chi connectivity index (χ4n) is 5.87. The topological polar surface area (TPSA) is 96.2 Å². The molecule has 2 amide bonds. The number of benzene rings is 1. The van der Waals surface area contributed by atoms with Gasteiger partial charge in [0.05, 0.1) is 29.2 Å². The van der Waals surface area contributed by atoms with Crippen LogP contribution in [0.25, 0.3) is 5.82 Å². The largest absolute Gasteiger partial charge is 0.349 e. The number of halogens is 1. The summed E-state index contributed by atoms with van der Waals surface area (Å²) in [6.45, 7) is 11.5. The van der Waals surface area contributed by atoms with Crippen LogP contribution in [-0.4, -0.2) is 74.1 Å². The molecule has 3 unspecified atom stereocenters. The van der Waals surface area contributed by atoms with Gasteiger partial charge in [-0.1, -0.05) is 26.0 Å². The lowest BCUT2D eigenvalue weighted by Crippen LogP contribution is -2.36. The van der Waals surface area contributed by atoms with Crippen LogP contribution in [-0.2, 0) is 4.79 Å². The zero-order valence-corrected chi connectivity index (χ0v) is 23.0. The van der Waals surface area contributed by atoms with E-state index < -0.39 is 0 Å². The second-order valence-corrected chi connectivity index (χ2v) is 11.1. The molecule has 5 rings (SSSR count). The molecule has 2 fully saturated rings. The molecule has 2 aliphatic rings. The Morgan fingerprint density at radius 1 is 1.10 bits per heavy atom. The molecule has 2 aliphatic heterocycles. The van der Waals surface area contributed by atoms with Crippen LogP contribution in [0, 0.1) is 37.4 Å². The minimum Gasteiger partial charge on any atom is -0.349 e. The third-order valence-electron chi connectivity index (χ3n) is 7.95. The van der Waals surface area contributed by atoms with Crippen molar-refractivity contribution in [1.29, 1.82) is 0 Å². The van der Waals surface area contributed by atoms with E-state index in [2.05, 4.69) is 25.3 Å². The smallest absolute Gasteiger partial charge is 0.257 e.